The number of halogens is 2. The fourth-order valence-corrected chi connectivity index (χ4v) is 2.51. The maximum absolute atomic E-state index is 13.1. The summed E-state index contributed by atoms with van der Waals surface area (Å²) in [4.78, 5) is 41.1. The molecule has 8 heteroatoms. The number of rotatable bonds is 4. The van der Waals surface area contributed by atoms with Gasteiger partial charge in [0.05, 0.1) is 10.6 Å². The molecule has 0 atom stereocenters. The molecule has 0 radical (unpaired) electrons. The van der Waals surface area contributed by atoms with E-state index in [1.165, 1.54) is 24.4 Å². The van der Waals surface area contributed by atoms with Crippen molar-refractivity contribution in [3.63, 3.8) is 0 Å². The minimum Gasteiger partial charge on any atom is -0.326 e. The van der Waals surface area contributed by atoms with Crippen LogP contribution in [0.15, 0.2) is 36.5 Å². The summed E-state index contributed by atoms with van der Waals surface area (Å²) in [6.07, 6.45) is 1.33. The molecular formula is C16H11ClFN3O3. The van der Waals surface area contributed by atoms with Crippen LogP contribution in [0.25, 0.3) is 0 Å². The lowest BCUT2D eigenvalue weighted by Gasteiger charge is -2.13. The van der Waals surface area contributed by atoms with Crippen LogP contribution in [0.1, 0.15) is 27.3 Å². The lowest BCUT2D eigenvalue weighted by Crippen LogP contribution is -2.33. The van der Waals surface area contributed by atoms with Gasteiger partial charge >= 0.3 is 0 Å². The molecule has 1 aromatic carbocycles. The van der Waals surface area contributed by atoms with E-state index in [1.54, 1.807) is 6.07 Å². The molecule has 1 aliphatic rings. The third-order valence-corrected chi connectivity index (χ3v) is 3.79. The van der Waals surface area contributed by atoms with Crippen LogP contribution in [0.3, 0.4) is 0 Å². The second kappa shape index (κ2) is 6.37. The number of hydrogen-bond acceptors (Lipinski definition) is 4. The molecule has 0 saturated carbocycles. The van der Waals surface area contributed by atoms with Gasteiger partial charge in [0.15, 0.2) is 0 Å². The second-order valence-electron chi connectivity index (χ2n) is 5.09. The minimum absolute atomic E-state index is 0.0746. The van der Waals surface area contributed by atoms with Crippen molar-refractivity contribution in [2.75, 3.05) is 11.9 Å². The SMILES string of the molecule is O=C(CCN1C(=O)c2cccnc2C1=O)Nc1ccc(F)c(Cl)c1. The molecule has 0 fully saturated rings. The number of aromatic nitrogens is 1. The van der Waals surface area contributed by atoms with Gasteiger partial charge in [-0.05, 0) is 30.3 Å². The number of amides is 3. The number of anilines is 1. The highest BCUT2D eigenvalue weighted by Gasteiger charge is 2.36. The molecule has 3 amide bonds. The van der Waals surface area contributed by atoms with E-state index in [0.29, 0.717) is 5.69 Å². The number of carbonyl (C=O) groups is 3. The summed E-state index contributed by atoms with van der Waals surface area (Å²) in [6.45, 7) is -0.0746. The van der Waals surface area contributed by atoms with Gasteiger partial charge in [-0.1, -0.05) is 11.6 Å². The predicted molar refractivity (Wildman–Crippen MR) is 84.3 cm³/mol. The van der Waals surface area contributed by atoms with Gasteiger partial charge in [-0.2, -0.15) is 0 Å². The minimum atomic E-state index is -0.590. The van der Waals surface area contributed by atoms with Crippen LogP contribution in [0.2, 0.25) is 5.02 Å². The quantitative estimate of drug-likeness (QED) is 0.862. The lowest BCUT2D eigenvalue weighted by molar-refractivity contribution is -0.116. The van der Waals surface area contributed by atoms with Crippen molar-refractivity contribution in [3.8, 4) is 0 Å². The number of carbonyl (C=O) groups excluding carboxylic acids is 3. The Morgan fingerprint density at radius 2 is 2.04 bits per heavy atom. The van der Waals surface area contributed by atoms with E-state index in [1.807, 2.05) is 0 Å². The standard InChI is InChI=1S/C16H11ClFN3O3/c17-11-8-9(3-4-12(11)18)20-13(22)5-7-21-15(23)10-2-1-6-19-14(10)16(21)24/h1-4,6,8H,5,7H2,(H,20,22). The van der Waals surface area contributed by atoms with E-state index >= 15 is 0 Å². The van der Waals surface area contributed by atoms with Gasteiger partial charge in [0.25, 0.3) is 11.8 Å². The van der Waals surface area contributed by atoms with E-state index in [0.717, 1.165) is 11.0 Å². The molecule has 0 spiro atoms. The molecular weight excluding hydrogens is 337 g/mol. The first-order chi connectivity index (χ1) is 11.5. The monoisotopic (exact) mass is 347 g/mol. The van der Waals surface area contributed by atoms with E-state index < -0.39 is 23.5 Å². The van der Waals surface area contributed by atoms with Gasteiger partial charge in [0.1, 0.15) is 11.5 Å². The summed E-state index contributed by atoms with van der Waals surface area (Å²) >= 11 is 5.64. The highest BCUT2D eigenvalue weighted by molar-refractivity contribution is 6.31. The van der Waals surface area contributed by atoms with E-state index in [9.17, 15) is 18.8 Å². The number of nitrogens with one attached hydrogen (secondary N) is 1. The molecule has 0 unspecified atom stereocenters. The molecule has 1 aromatic heterocycles. The number of hydrogen-bond donors (Lipinski definition) is 1. The maximum atomic E-state index is 13.1. The van der Waals surface area contributed by atoms with Crippen molar-refractivity contribution in [2.24, 2.45) is 0 Å². The summed E-state index contributed by atoms with van der Waals surface area (Å²) in [6, 6.07) is 6.86. The van der Waals surface area contributed by atoms with Crippen molar-refractivity contribution in [1.82, 2.24) is 9.88 Å². The van der Waals surface area contributed by atoms with Gasteiger partial charge in [0.2, 0.25) is 5.91 Å². The van der Waals surface area contributed by atoms with Crippen LogP contribution in [0.5, 0.6) is 0 Å². The molecule has 6 nitrogen and oxygen atoms in total. The van der Waals surface area contributed by atoms with Crippen molar-refractivity contribution in [1.29, 1.82) is 0 Å². The Morgan fingerprint density at radius 3 is 2.75 bits per heavy atom. The molecule has 3 rings (SSSR count). The first kappa shape index (κ1) is 16.1. The summed E-state index contributed by atoms with van der Waals surface area (Å²) in [7, 11) is 0. The van der Waals surface area contributed by atoms with Crippen LogP contribution in [0.4, 0.5) is 10.1 Å². The first-order valence-corrected chi connectivity index (χ1v) is 7.41. The Labute approximate surface area is 141 Å². The van der Waals surface area contributed by atoms with Gasteiger partial charge in [-0.25, -0.2) is 4.39 Å². The average molecular weight is 348 g/mol. The molecule has 0 bridgehead atoms. The zero-order valence-electron chi connectivity index (χ0n) is 12.3. The molecule has 1 aliphatic heterocycles. The molecule has 0 saturated heterocycles. The number of pyridine rings is 1. The largest absolute Gasteiger partial charge is 0.326 e. The van der Waals surface area contributed by atoms with Crippen molar-refractivity contribution in [2.45, 2.75) is 6.42 Å². The summed E-state index contributed by atoms with van der Waals surface area (Å²) in [5.74, 6) is -2.01. The Hall–Kier alpha value is -2.80. The van der Waals surface area contributed by atoms with Crippen molar-refractivity contribution >= 4 is 35.0 Å². The van der Waals surface area contributed by atoms with Crippen LogP contribution in [0, 0.1) is 5.82 Å². The Bertz CT molecular complexity index is 821. The first-order valence-electron chi connectivity index (χ1n) is 7.03. The smallest absolute Gasteiger partial charge is 0.280 e. The molecule has 24 heavy (non-hydrogen) atoms. The molecule has 2 heterocycles. The predicted octanol–water partition coefficient (Wildman–Crippen LogP) is 2.50. The lowest BCUT2D eigenvalue weighted by atomic mass is 10.2. The topological polar surface area (TPSA) is 79.4 Å². The van der Waals surface area contributed by atoms with E-state index in [-0.39, 0.29) is 29.2 Å². The van der Waals surface area contributed by atoms with Gasteiger partial charge in [-0.3, -0.25) is 24.3 Å². The third kappa shape index (κ3) is 2.98. The summed E-state index contributed by atoms with van der Waals surface area (Å²) in [5.41, 5.74) is 0.650. The van der Waals surface area contributed by atoms with Crippen molar-refractivity contribution < 1.29 is 18.8 Å². The van der Waals surface area contributed by atoms with Gasteiger partial charge in [0, 0.05) is 24.8 Å². The Balaban J connectivity index is 1.62. The van der Waals surface area contributed by atoms with Crippen LogP contribution in [-0.2, 0) is 4.79 Å². The van der Waals surface area contributed by atoms with E-state index in [4.69, 9.17) is 11.6 Å². The zero-order valence-corrected chi connectivity index (χ0v) is 13.0. The average Bonchev–Trinajstić information content (AvgIpc) is 2.81. The third-order valence-electron chi connectivity index (χ3n) is 3.50. The molecule has 122 valence electrons. The normalized spacial score (nSPS) is 13.2. The fraction of sp³-hybridized carbons (Fsp3) is 0.125. The number of nitrogens with zero attached hydrogens (tertiary/aromatic N) is 2. The van der Waals surface area contributed by atoms with Gasteiger partial charge < -0.3 is 5.32 Å². The summed E-state index contributed by atoms with van der Waals surface area (Å²) in [5, 5.41) is 2.42. The Kier molecular flexibility index (Phi) is 4.26. The van der Waals surface area contributed by atoms with E-state index in [2.05, 4.69) is 10.3 Å². The zero-order chi connectivity index (χ0) is 17.3. The molecule has 0 aliphatic carbocycles. The highest BCUT2D eigenvalue weighted by Crippen LogP contribution is 2.21. The van der Waals surface area contributed by atoms with Crippen LogP contribution >= 0.6 is 11.6 Å². The number of fused-ring (bicyclic) bond motifs is 1. The maximum Gasteiger partial charge on any atom is 0.280 e. The number of benzene rings is 1. The highest BCUT2D eigenvalue weighted by atomic mass is 35.5. The van der Waals surface area contributed by atoms with Gasteiger partial charge in [-0.15, -0.1) is 0 Å². The molecule has 1 N–H and O–H groups in total. The van der Waals surface area contributed by atoms with Crippen molar-refractivity contribution in [3.05, 3.63) is 58.6 Å². The second-order valence-corrected chi connectivity index (χ2v) is 5.50. The number of imide groups is 1. The molecule has 2 aromatic rings. The van der Waals surface area contributed by atoms with Crippen LogP contribution < -0.4 is 5.32 Å². The summed E-state index contributed by atoms with van der Waals surface area (Å²) < 4.78 is 13.1. The van der Waals surface area contributed by atoms with Crippen LogP contribution in [-0.4, -0.2) is 34.2 Å². The fourth-order valence-electron chi connectivity index (χ4n) is 2.33. The Morgan fingerprint density at radius 1 is 1.25 bits per heavy atom.